The quantitative estimate of drug-likeness (QED) is 0.877. The van der Waals surface area contributed by atoms with Crippen LogP contribution in [0.5, 0.6) is 0 Å². The number of aromatic nitrogens is 2. The average molecular weight is 338 g/mol. The summed E-state index contributed by atoms with van der Waals surface area (Å²) in [6.45, 7) is 1.65. The van der Waals surface area contributed by atoms with E-state index in [2.05, 4.69) is 20.6 Å². The summed E-state index contributed by atoms with van der Waals surface area (Å²) in [6, 6.07) is 6.83. The first-order valence-corrected chi connectivity index (χ1v) is 7.53. The van der Waals surface area contributed by atoms with E-state index in [1.54, 1.807) is 12.3 Å². The molecule has 1 saturated heterocycles. The maximum Gasteiger partial charge on any atom is 0.416 e. The summed E-state index contributed by atoms with van der Waals surface area (Å²) in [5.41, 5.74) is 0.0489. The minimum atomic E-state index is -4.32. The zero-order valence-electron chi connectivity index (χ0n) is 12.8. The van der Waals surface area contributed by atoms with Gasteiger partial charge < -0.3 is 15.4 Å². The molecule has 2 aromatic rings. The molecule has 8 heteroatoms. The van der Waals surface area contributed by atoms with E-state index in [9.17, 15) is 13.2 Å². The Morgan fingerprint density at radius 1 is 1.17 bits per heavy atom. The second-order valence-corrected chi connectivity index (χ2v) is 5.55. The third-order valence-electron chi connectivity index (χ3n) is 3.82. The summed E-state index contributed by atoms with van der Waals surface area (Å²) in [5, 5.41) is 6.50. The first-order chi connectivity index (χ1) is 11.5. The van der Waals surface area contributed by atoms with Crippen LogP contribution < -0.4 is 10.6 Å². The molecule has 1 aromatic carbocycles. The monoisotopic (exact) mass is 338 g/mol. The van der Waals surface area contributed by atoms with E-state index >= 15 is 0 Å². The maximum absolute atomic E-state index is 12.6. The van der Waals surface area contributed by atoms with Crippen LogP contribution >= 0.6 is 0 Å². The highest BCUT2D eigenvalue weighted by atomic mass is 19.4. The Balaban J connectivity index is 1.55. The average Bonchev–Trinajstić information content (AvgIpc) is 3.00. The fourth-order valence-corrected chi connectivity index (χ4v) is 2.53. The van der Waals surface area contributed by atoms with Crippen LogP contribution in [0.1, 0.15) is 11.1 Å². The van der Waals surface area contributed by atoms with E-state index in [1.165, 1.54) is 18.5 Å². The van der Waals surface area contributed by atoms with Crippen molar-refractivity contribution in [1.29, 1.82) is 0 Å². The van der Waals surface area contributed by atoms with Crippen LogP contribution in [0.15, 0.2) is 42.9 Å². The largest absolute Gasteiger partial charge is 0.416 e. The lowest BCUT2D eigenvalue weighted by molar-refractivity contribution is -0.137. The Morgan fingerprint density at radius 2 is 1.96 bits per heavy atom. The van der Waals surface area contributed by atoms with Gasteiger partial charge in [-0.05, 0) is 23.8 Å². The van der Waals surface area contributed by atoms with Crippen LogP contribution in [0.4, 0.5) is 19.0 Å². The zero-order valence-corrected chi connectivity index (χ0v) is 12.8. The number of hydrogen-bond acceptors (Lipinski definition) is 5. The Kier molecular flexibility index (Phi) is 4.96. The van der Waals surface area contributed by atoms with Crippen molar-refractivity contribution in [3.05, 3.63) is 54.0 Å². The minimum absolute atomic E-state index is 0.0364. The molecule has 128 valence electrons. The number of nitrogens with zero attached hydrogens (tertiary/aromatic N) is 2. The molecule has 0 spiro atoms. The van der Waals surface area contributed by atoms with E-state index in [4.69, 9.17) is 4.74 Å². The smallest absolute Gasteiger partial charge is 0.370 e. The molecule has 2 atom stereocenters. The predicted molar refractivity (Wildman–Crippen MR) is 82.3 cm³/mol. The zero-order chi connectivity index (χ0) is 17.0. The summed E-state index contributed by atoms with van der Waals surface area (Å²) in [4.78, 5) is 7.98. The van der Waals surface area contributed by atoms with Gasteiger partial charge in [0.1, 0.15) is 12.1 Å². The molecular formula is C16H17F3N4O. The first-order valence-electron chi connectivity index (χ1n) is 7.53. The molecule has 1 aliphatic heterocycles. The van der Waals surface area contributed by atoms with Gasteiger partial charge in [-0.15, -0.1) is 0 Å². The number of halogens is 3. The van der Waals surface area contributed by atoms with Crippen molar-refractivity contribution in [1.82, 2.24) is 15.3 Å². The van der Waals surface area contributed by atoms with Crippen LogP contribution in [-0.4, -0.2) is 35.2 Å². The standard InChI is InChI=1S/C16H17F3N4O/c17-16(18,19)12-3-1-11(2-4-12)9-24-14-8-21-7-13(14)23-15-5-6-20-10-22-15/h1-6,10,13-14,21H,7-9H2,(H,20,22,23)/t13-,14-/m1/s1. The van der Waals surface area contributed by atoms with Crippen molar-refractivity contribution in [3.63, 3.8) is 0 Å². The van der Waals surface area contributed by atoms with Crippen LogP contribution in [0.3, 0.4) is 0 Å². The van der Waals surface area contributed by atoms with Gasteiger partial charge in [0.25, 0.3) is 0 Å². The number of nitrogens with one attached hydrogen (secondary N) is 2. The van der Waals surface area contributed by atoms with Gasteiger partial charge in [0, 0.05) is 19.3 Å². The van der Waals surface area contributed by atoms with E-state index in [1.807, 2.05) is 0 Å². The highest BCUT2D eigenvalue weighted by Crippen LogP contribution is 2.29. The fraction of sp³-hybridized carbons (Fsp3) is 0.375. The SMILES string of the molecule is FC(F)(F)c1ccc(CO[C@@H]2CNC[C@H]2Nc2ccncn2)cc1. The van der Waals surface area contributed by atoms with Gasteiger partial charge in [-0.3, -0.25) is 0 Å². The Morgan fingerprint density at radius 3 is 2.62 bits per heavy atom. The molecule has 5 nitrogen and oxygen atoms in total. The number of anilines is 1. The van der Waals surface area contributed by atoms with Crippen LogP contribution in [0.25, 0.3) is 0 Å². The van der Waals surface area contributed by atoms with Crippen molar-refractivity contribution in [2.24, 2.45) is 0 Å². The third kappa shape index (κ3) is 4.21. The van der Waals surface area contributed by atoms with E-state index in [0.717, 1.165) is 18.7 Å². The number of rotatable bonds is 5. The summed E-state index contributed by atoms with van der Waals surface area (Å²) < 4.78 is 43.5. The number of benzene rings is 1. The Bertz CT molecular complexity index is 649. The molecule has 0 amide bonds. The van der Waals surface area contributed by atoms with Gasteiger partial charge >= 0.3 is 6.18 Å². The molecule has 1 fully saturated rings. The summed E-state index contributed by atoms with van der Waals surface area (Å²) in [7, 11) is 0. The number of hydrogen-bond donors (Lipinski definition) is 2. The summed E-state index contributed by atoms with van der Waals surface area (Å²) in [5.74, 6) is 0.710. The minimum Gasteiger partial charge on any atom is -0.370 e. The molecule has 2 N–H and O–H groups in total. The first kappa shape index (κ1) is 16.7. The second-order valence-electron chi connectivity index (χ2n) is 5.55. The van der Waals surface area contributed by atoms with Gasteiger partial charge in [-0.1, -0.05) is 12.1 Å². The normalized spacial score (nSPS) is 21.0. The van der Waals surface area contributed by atoms with Gasteiger partial charge in [0.15, 0.2) is 0 Å². The molecule has 0 aliphatic carbocycles. The lowest BCUT2D eigenvalue weighted by atomic mass is 10.1. The van der Waals surface area contributed by atoms with Crippen molar-refractivity contribution in [2.75, 3.05) is 18.4 Å². The van der Waals surface area contributed by atoms with Gasteiger partial charge in [-0.25, -0.2) is 9.97 Å². The molecule has 0 bridgehead atoms. The topological polar surface area (TPSA) is 59.1 Å². The van der Waals surface area contributed by atoms with E-state index in [-0.39, 0.29) is 18.8 Å². The molecule has 0 saturated carbocycles. The maximum atomic E-state index is 12.6. The lowest BCUT2D eigenvalue weighted by Gasteiger charge is -2.21. The van der Waals surface area contributed by atoms with Crippen molar-refractivity contribution in [2.45, 2.75) is 24.9 Å². The van der Waals surface area contributed by atoms with Gasteiger partial charge in [0.05, 0.1) is 24.3 Å². The summed E-state index contributed by atoms with van der Waals surface area (Å²) >= 11 is 0. The molecule has 0 unspecified atom stereocenters. The second kappa shape index (κ2) is 7.14. The number of ether oxygens (including phenoxy) is 1. The van der Waals surface area contributed by atoms with Crippen molar-refractivity contribution in [3.8, 4) is 0 Å². The highest BCUT2D eigenvalue weighted by molar-refractivity contribution is 5.34. The van der Waals surface area contributed by atoms with E-state index < -0.39 is 11.7 Å². The molecule has 1 aliphatic rings. The predicted octanol–water partition coefficient (Wildman–Crippen LogP) is 2.46. The summed E-state index contributed by atoms with van der Waals surface area (Å²) in [6.07, 6.45) is -1.30. The van der Waals surface area contributed by atoms with Gasteiger partial charge in [-0.2, -0.15) is 13.2 Å². The van der Waals surface area contributed by atoms with Crippen LogP contribution in [0, 0.1) is 0 Å². The third-order valence-corrected chi connectivity index (χ3v) is 3.82. The lowest BCUT2D eigenvalue weighted by Crippen LogP contribution is -2.34. The molecule has 0 radical (unpaired) electrons. The fourth-order valence-electron chi connectivity index (χ4n) is 2.53. The molecule has 24 heavy (non-hydrogen) atoms. The van der Waals surface area contributed by atoms with Crippen LogP contribution in [0.2, 0.25) is 0 Å². The highest BCUT2D eigenvalue weighted by Gasteiger charge is 2.30. The van der Waals surface area contributed by atoms with Crippen molar-refractivity contribution >= 4 is 5.82 Å². The molecule has 1 aromatic heterocycles. The van der Waals surface area contributed by atoms with Gasteiger partial charge in [0.2, 0.25) is 0 Å². The number of alkyl halides is 3. The van der Waals surface area contributed by atoms with E-state index in [0.29, 0.717) is 17.9 Å². The Labute approximate surface area is 137 Å². The molecular weight excluding hydrogens is 321 g/mol. The molecule has 3 rings (SSSR count). The Hall–Kier alpha value is -2.19. The van der Waals surface area contributed by atoms with Crippen molar-refractivity contribution < 1.29 is 17.9 Å². The molecule has 2 heterocycles. The van der Waals surface area contributed by atoms with Crippen LogP contribution in [-0.2, 0) is 17.5 Å².